The second kappa shape index (κ2) is 10.8. The molecule has 0 bridgehead atoms. The lowest BCUT2D eigenvalue weighted by atomic mass is 9.45. The number of thioether (sulfide) groups is 1. The van der Waals surface area contributed by atoms with Crippen molar-refractivity contribution in [2.24, 2.45) is 40.4 Å². The third kappa shape index (κ3) is 5.52. The van der Waals surface area contributed by atoms with E-state index in [1.165, 1.54) is 88.5 Å². The van der Waals surface area contributed by atoms with Gasteiger partial charge in [0.25, 0.3) is 0 Å². The highest BCUT2D eigenvalue weighted by Crippen LogP contribution is 2.67. The van der Waals surface area contributed by atoms with Gasteiger partial charge in [-0.2, -0.15) is 0 Å². The van der Waals surface area contributed by atoms with Crippen LogP contribution < -0.4 is 10.1 Å². The summed E-state index contributed by atoms with van der Waals surface area (Å²) in [7, 11) is 0. The van der Waals surface area contributed by atoms with Crippen LogP contribution in [-0.4, -0.2) is 18.7 Å². The van der Waals surface area contributed by atoms with Crippen molar-refractivity contribution in [3.8, 4) is 5.75 Å². The monoisotopic (exact) mass is 537 g/mol. The van der Waals surface area contributed by atoms with E-state index in [0.29, 0.717) is 28.0 Å². The average Bonchev–Trinajstić information content (AvgIpc) is 3.18. The van der Waals surface area contributed by atoms with Gasteiger partial charge in [-0.1, -0.05) is 26.7 Å². The number of anilines is 1. The van der Waals surface area contributed by atoms with Gasteiger partial charge in [-0.3, -0.25) is 0 Å². The topological polar surface area (TPSA) is 21.3 Å². The Balaban J connectivity index is 1.18. The number of hydrogen-bond acceptors (Lipinski definition) is 3. The molecule has 7 atom stereocenters. The van der Waals surface area contributed by atoms with Gasteiger partial charge in [0, 0.05) is 23.2 Å². The molecule has 6 heteroatoms. The second-order valence-electron chi connectivity index (χ2n) is 13.0. The Morgan fingerprint density at radius 2 is 1.78 bits per heavy atom. The molecule has 0 spiro atoms. The Hall–Kier alpha value is -1.04. The summed E-state index contributed by atoms with van der Waals surface area (Å²) < 4.78 is 43.4. The predicted octanol–water partition coefficient (Wildman–Crippen LogP) is 9.94. The second-order valence-corrected chi connectivity index (χ2v) is 14.1. The molecule has 4 aliphatic carbocycles. The Labute approximate surface area is 226 Å². The van der Waals surface area contributed by atoms with Crippen LogP contribution in [0.5, 0.6) is 5.75 Å². The minimum atomic E-state index is -4.68. The summed E-state index contributed by atoms with van der Waals surface area (Å²) in [6.07, 6.45) is 11.8. The van der Waals surface area contributed by atoms with Gasteiger partial charge >= 0.3 is 6.36 Å². The highest BCUT2D eigenvalue weighted by molar-refractivity contribution is 7.99. The molecule has 2 nitrogen and oxygen atoms in total. The lowest BCUT2D eigenvalue weighted by Gasteiger charge is -2.60. The van der Waals surface area contributed by atoms with Crippen molar-refractivity contribution in [1.82, 2.24) is 0 Å². The smallest absolute Gasteiger partial charge is 0.405 e. The molecule has 5 rings (SSSR count). The number of halogens is 3. The lowest BCUT2D eigenvalue weighted by molar-refractivity contribution is -0.275. The summed E-state index contributed by atoms with van der Waals surface area (Å²) in [6, 6.07) is 5.08. The molecule has 1 aromatic rings. The molecule has 0 aromatic heterocycles. The van der Waals surface area contributed by atoms with Crippen LogP contribution in [0.3, 0.4) is 0 Å². The largest absolute Gasteiger partial charge is 0.573 e. The van der Waals surface area contributed by atoms with E-state index in [1.807, 2.05) is 13.0 Å². The summed E-state index contributed by atoms with van der Waals surface area (Å²) in [5.74, 6) is 5.23. The molecule has 0 amide bonds. The number of benzene rings is 1. The van der Waals surface area contributed by atoms with Crippen molar-refractivity contribution in [1.29, 1.82) is 0 Å². The van der Waals surface area contributed by atoms with Gasteiger partial charge < -0.3 is 10.1 Å². The molecule has 208 valence electrons. The highest BCUT2D eigenvalue weighted by Gasteiger charge is 2.59. The van der Waals surface area contributed by atoms with Crippen molar-refractivity contribution >= 4 is 17.4 Å². The molecule has 0 heterocycles. The van der Waals surface area contributed by atoms with E-state index >= 15 is 0 Å². The average molecular weight is 538 g/mol. The van der Waals surface area contributed by atoms with Gasteiger partial charge in [0.2, 0.25) is 0 Å². The number of ether oxygens (including phenoxy) is 1. The van der Waals surface area contributed by atoms with Gasteiger partial charge in [-0.15, -0.1) is 24.9 Å². The van der Waals surface area contributed by atoms with Crippen LogP contribution in [0, 0.1) is 40.4 Å². The van der Waals surface area contributed by atoms with Crippen LogP contribution in [0.2, 0.25) is 0 Å². The van der Waals surface area contributed by atoms with E-state index in [2.05, 4.69) is 23.9 Å². The first kappa shape index (κ1) is 27.5. The van der Waals surface area contributed by atoms with E-state index in [4.69, 9.17) is 0 Å². The van der Waals surface area contributed by atoms with Gasteiger partial charge in [0.1, 0.15) is 5.75 Å². The van der Waals surface area contributed by atoms with Gasteiger partial charge in [-0.05, 0) is 129 Å². The van der Waals surface area contributed by atoms with Crippen LogP contribution in [0.4, 0.5) is 18.9 Å². The molecule has 0 radical (unpaired) electrons. The van der Waals surface area contributed by atoms with Crippen LogP contribution in [0.1, 0.15) is 97.8 Å². The van der Waals surface area contributed by atoms with Crippen LogP contribution >= 0.6 is 11.8 Å². The Bertz CT molecular complexity index is 938. The van der Waals surface area contributed by atoms with E-state index in [1.54, 1.807) is 6.07 Å². The van der Waals surface area contributed by atoms with E-state index < -0.39 is 6.36 Å². The fourth-order valence-corrected chi connectivity index (χ4v) is 10.5. The van der Waals surface area contributed by atoms with Gasteiger partial charge in [0.05, 0.1) is 0 Å². The normalized spacial score (nSPS) is 37.4. The molecule has 4 fully saturated rings. The summed E-state index contributed by atoms with van der Waals surface area (Å²) in [6.45, 7) is 7.83. The van der Waals surface area contributed by atoms with Crippen molar-refractivity contribution in [2.45, 2.75) is 109 Å². The van der Waals surface area contributed by atoms with Crippen LogP contribution in [0.15, 0.2) is 23.1 Å². The summed E-state index contributed by atoms with van der Waals surface area (Å²) >= 11 is 1.50. The van der Waals surface area contributed by atoms with Crippen molar-refractivity contribution in [3.05, 3.63) is 18.2 Å². The number of rotatable bonds is 8. The molecule has 1 N–H and O–H groups in total. The molecule has 4 aliphatic rings. The van der Waals surface area contributed by atoms with Crippen molar-refractivity contribution < 1.29 is 17.9 Å². The third-order valence-electron chi connectivity index (χ3n) is 11.3. The maximum absolute atomic E-state index is 13.0. The zero-order valence-corrected chi connectivity index (χ0v) is 23.8. The zero-order valence-electron chi connectivity index (χ0n) is 23.0. The number of alkyl halides is 3. The Kier molecular flexibility index (Phi) is 8.07. The van der Waals surface area contributed by atoms with Gasteiger partial charge in [0.15, 0.2) is 0 Å². The maximum Gasteiger partial charge on any atom is 0.573 e. The first-order valence-corrected chi connectivity index (χ1v) is 15.9. The highest BCUT2D eigenvalue weighted by atomic mass is 32.2. The Morgan fingerprint density at radius 3 is 2.57 bits per heavy atom. The first-order chi connectivity index (χ1) is 17.6. The van der Waals surface area contributed by atoms with Gasteiger partial charge in [-0.25, -0.2) is 0 Å². The summed E-state index contributed by atoms with van der Waals surface area (Å²) in [5.41, 5.74) is 1.71. The van der Waals surface area contributed by atoms with Crippen molar-refractivity contribution in [2.75, 3.05) is 17.6 Å². The lowest BCUT2D eigenvalue weighted by Crippen LogP contribution is -2.52. The van der Waals surface area contributed by atoms with E-state index in [9.17, 15) is 13.2 Å². The predicted molar refractivity (Wildman–Crippen MR) is 147 cm³/mol. The molecule has 0 aliphatic heterocycles. The standard InChI is InChI=1S/C31H46F3NOS/c1-4-35-23-12-15-28(27(20-23)36-31(32,33)34)37-19-7-9-22-11-14-25-24-13-10-21-8-5-6-17-29(21,2)26(24)16-18-30(22,25)3/h12,15,20-22,24-26,35H,4-11,13-14,16-19H2,1-3H3. The first-order valence-electron chi connectivity index (χ1n) is 14.9. The van der Waals surface area contributed by atoms with Crippen LogP contribution in [-0.2, 0) is 0 Å². The van der Waals surface area contributed by atoms with E-state index in [-0.39, 0.29) is 5.75 Å². The molecule has 37 heavy (non-hydrogen) atoms. The third-order valence-corrected chi connectivity index (χ3v) is 12.4. The number of nitrogens with one attached hydrogen (secondary N) is 1. The molecule has 7 unspecified atom stereocenters. The quantitative estimate of drug-likeness (QED) is 0.263. The van der Waals surface area contributed by atoms with Crippen LogP contribution in [0.25, 0.3) is 0 Å². The van der Waals surface area contributed by atoms with E-state index in [0.717, 1.165) is 41.8 Å². The SMILES string of the molecule is CCNc1ccc(SCCCC2CCC3C4CCC5CCCCC5(C)C4CCC23C)c(OC(F)(F)F)c1. The molecular weight excluding hydrogens is 491 g/mol. The molecule has 0 saturated heterocycles. The summed E-state index contributed by atoms with van der Waals surface area (Å²) in [5, 5.41) is 3.08. The number of fused-ring (bicyclic) bond motifs is 5. The minimum absolute atomic E-state index is 0.0889. The Morgan fingerprint density at radius 1 is 0.973 bits per heavy atom. The zero-order chi connectivity index (χ0) is 26.3. The van der Waals surface area contributed by atoms with Crippen molar-refractivity contribution in [3.63, 3.8) is 0 Å². The molecule has 1 aromatic carbocycles. The fraction of sp³-hybridized carbons (Fsp3) is 0.806. The molecule has 4 saturated carbocycles. The maximum atomic E-state index is 13.0. The summed E-state index contributed by atoms with van der Waals surface area (Å²) in [4.78, 5) is 0.576. The molecular formula is C31H46F3NOS. The fourth-order valence-electron chi connectivity index (χ4n) is 9.54. The number of hydrogen-bond donors (Lipinski definition) is 1. The minimum Gasteiger partial charge on any atom is -0.405 e.